The molecule has 92 valence electrons. The largest absolute Gasteiger partial charge is 0.340 e. The molecule has 2 rings (SSSR count). The van der Waals surface area contributed by atoms with Crippen LogP contribution >= 0.6 is 11.3 Å². The number of aryl methyl sites for hydroxylation is 2. The van der Waals surface area contributed by atoms with Crippen molar-refractivity contribution in [3.05, 3.63) is 34.3 Å². The molecule has 0 radical (unpaired) electrons. The molecule has 1 atom stereocenters. The molecule has 1 N–H and O–H groups in total. The van der Waals surface area contributed by atoms with Crippen molar-refractivity contribution >= 4 is 11.3 Å². The monoisotopic (exact) mass is 250 g/mol. The van der Waals surface area contributed by atoms with E-state index in [1.165, 1.54) is 4.88 Å². The minimum atomic E-state index is 0.170. The zero-order valence-corrected chi connectivity index (χ0v) is 11.3. The molecular weight excluding hydrogens is 232 g/mol. The molecule has 0 fully saturated rings. The smallest absolute Gasteiger partial charge is 0.0947 e. The highest BCUT2D eigenvalue weighted by Gasteiger charge is 2.19. The molecule has 1 unspecified atom stereocenters. The zero-order chi connectivity index (χ0) is 12.3. The number of nitrogens with zero attached hydrogens (tertiary/aromatic N) is 3. The lowest BCUT2D eigenvalue weighted by atomic mass is 10.1. The summed E-state index contributed by atoms with van der Waals surface area (Å²) in [5.74, 6) is 0. The van der Waals surface area contributed by atoms with Gasteiger partial charge >= 0.3 is 0 Å². The van der Waals surface area contributed by atoms with Crippen LogP contribution in [-0.2, 0) is 7.05 Å². The summed E-state index contributed by atoms with van der Waals surface area (Å²) in [5, 5.41) is 3.54. The zero-order valence-electron chi connectivity index (χ0n) is 10.5. The fourth-order valence-electron chi connectivity index (χ4n) is 1.79. The van der Waals surface area contributed by atoms with E-state index in [4.69, 9.17) is 0 Å². The Balaban J connectivity index is 2.28. The third kappa shape index (κ3) is 2.73. The van der Waals surface area contributed by atoms with Crippen LogP contribution in [0.4, 0.5) is 0 Å². The van der Waals surface area contributed by atoms with Gasteiger partial charge in [0, 0.05) is 13.2 Å². The molecule has 2 aromatic rings. The minimum Gasteiger partial charge on any atom is -0.340 e. The van der Waals surface area contributed by atoms with E-state index in [9.17, 15) is 0 Å². The predicted molar refractivity (Wildman–Crippen MR) is 70.2 cm³/mol. The second-order valence-electron chi connectivity index (χ2n) is 4.15. The molecule has 2 heterocycles. The van der Waals surface area contributed by atoms with Crippen molar-refractivity contribution in [2.75, 3.05) is 6.54 Å². The molecule has 0 saturated heterocycles. The van der Waals surface area contributed by atoms with Gasteiger partial charge in [0.05, 0.1) is 34.1 Å². The Morgan fingerprint density at radius 3 is 2.82 bits per heavy atom. The predicted octanol–water partition coefficient (Wildman–Crippen LogP) is 2.27. The van der Waals surface area contributed by atoms with E-state index in [0.717, 1.165) is 24.4 Å². The summed E-state index contributed by atoms with van der Waals surface area (Å²) in [4.78, 5) is 10.0. The maximum Gasteiger partial charge on any atom is 0.0947 e. The van der Waals surface area contributed by atoms with Gasteiger partial charge in [0.25, 0.3) is 0 Å². The van der Waals surface area contributed by atoms with Gasteiger partial charge in [-0.05, 0) is 19.9 Å². The molecule has 0 saturated carbocycles. The third-order valence-electron chi connectivity index (χ3n) is 2.66. The normalized spacial score (nSPS) is 12.9. The highest BCUT2D eigenvalue weighted by atomic mass is 32.1. The number of imidazole rings is 1. The topological polar surface area (TPSA) is 42.7 Å². The lowest BCUT2D eigenvalue weighted by molar-refractivity contribution is 0.592. The van der Waals surface area contributed by atoms with Crippen LogP contribution in [0.2, 0.25) is 0 Å². The van der Waals surface area contributed by atoms with Gasteiger partial charge in [0.1, 0.15) is 0 Å². The number of thiazole rings is 1. The number of aromatic nitrogens is 3. The van der Waals surface area contributed by atoms with Gasteiger partial charge < -0.3 is 9.88 Å². The molecule has 2 aromatic heterocycles. The first-order valence-corrected chi connectivity index (χ1v) is 6.71. The number of nitrogens with one attached hydrogen (secondary N) is 1. The maximum absolute atomic E-state index is 4.45. The van der Waals surface area contributed by atoms with E-state index in [1.807, 2.05) is 23.5 Å². The molecule has 0 aliphatic heterocycles. The Kier molecular flexibility index (Phi) is 3.91. The maximum atomic E-state index is 4.45. The summed E-state index contributed by atoms with van der Waals surface area (Å²) in [7, 11) is 1.99. The van der Waals surface area contributed by atoms with E-state index in [0.29, 0.717) is 0 Å². The molecule has 0 aromatic carbocycles. The standard InChI is InChI=1S/C12H18N4S/c1-4-5-13-11(10-6-16(3)7-14-10)12-9(2)15-8-17-12/h6-8,11,13H,4-5H2,1-3H3. The summed E-state index contributed by atoms with van der Waals surface area (Å²) in [6.45, 7) is 5.20. The van der Waals surface area contributed by atoms with Crippen LogP contribution in [0.15, 0.2) is 18.0 Å². The van der Waals surface area contributed by atoms with Crippen molar-refractivity contribution in [3.8, 4) is 0 Å². The average molecular weight is 250 g/mol. The van der Waals surface area contributed by atoms with Gasteiger partial charge in [-0.15, -0.1) is 11.3 Å². The minimum absolute atomic E-state index is 0.170. The Hall–Kier alpha value is -1.20. The van der Waals surface area contributed by atoms with E-state index in [2.05, 4.69) is 35.3 Å². The van der Waals surface area contributed by atoms with Gasteiger partial charge in [-0.1, -0.05) is 6.92 Å². The van der Waals surface area contributed by atoms with E-state index >= 15 is 0 Å². The van der Waals surface area contributed by atoms with Crippen LogP contribution in [0.3, 0.4) is 0 Å². The van der Waals surface area contributed by atoms with Gasteiger partial charge in [-0.2, -0.15) is 0 Å². The molecule has 5 heteroatoms. The fraction of sp³-hybridized carbons (Fsp3) is 0.500. The molecular formula is C12H18N4S. The van der Waals surface area contributed by atoms with Crippen molar-refractivity contribution in [1.29, 1.82) is 0 Å². The highest BCUT2D eigenvalue weighted by Crippen LogP contribution is 2.26. The number of hydrogen-bond donors (Lipinski definition) is 1. The van der Waals surface area contributed by atoms with Crippen molar-refractivity contribution in [1.82, 2.24) is 19.9 Å². The molecule has 4 nitrogen and oxygen atoms in total. The van der Waals surface area contributed by atoms with E-state index in [1.54, 1.807) is 11.3 Å². The quantitative estimate of drug-likeness (QED) is 0.885. The van der Waals surface area contributed by atoms with Crippen LogP contribution < -0.4 is 5.32 Å². The van der Waals surface area contributed by atoms with Crippen molar-refractivity contribution < 1.29 is 0 Å². The van der Waals surface area contributed by atoms with Crippen molar-refractivity contribution in [2.24, 2.45) is 7.05 Å². The van der Waals surface area contributed by atoms with Crippen LogP contribution in [0, 0.1) is 6.92 Å². The molecule has 0 bridgehead atoms. The number of rotatable bonds is 5. The Morgan fingerprint density at radius 2 is 2.29 bits per heavy atom. The Morgan fingerprint density at radius 1 is 1.47 bits per heavy atom. The fourth-order valence-corrected chi connectivity index (χ4v) is 2.68. The molecule has 0 aliphatic rings. The van der Waals surface area contributed by atoms with Gasteiger partial charge in [-0.25, -0.2) is 9.97 Å². The molecule has 17 heavy (non-hydrogen) atoms. The summed E-state index contributed by atoms with van der Waals surface area (Å²) in [6, 6.07) is 0.170. The van der Waals surface area contributed by atoms with Gasteiger partial charge in [0.15, 0.2) is 0 Å². The van der Waals surface area contributed by atoms with Crippen LogP contribution in [-0.4, -0.2) is 21.1 Å². The van der Waals surface area contributed by atoms with Crippen LogP contribution in [0.25, 0.3) is 0 Å². The van der Waals surface area contributed by atoms with E-state index in [-0.39, 0.29) is 6.04 Å². The Labute approximate surface area is 106 Å². The second kappa shape index (κ2) is 5.42. The first-order valence-electron chi connectivity index (χ1n) is 5.83. The van der Waals surface area contributed by atoms with Crippen LogP contribution in [0.1, 0.15) is 35.7 Å². The lowest BCUT2D eigenvalue weighted by Crippen LogP contribution is -2.23. The molecule has 0 amide bonds. The highest BCUT2D eigenvalue weighted by molar-refractivity contribution is 7.09. The Bertz CT molecular complexity index is 474. The van der Waals surface area contributed by atoms with Crippen molar-refractivity contribution in [3.63, 3.8) is 0 Å². The molecule has 0 spiro atoms. The first kappa shape index (κ1) is 12.3. The SMILES string of the molecule is CCCNC(c1cn(C)cn1)c1scnc1C. The third-order valence-corrected chi connectivity index (χ3v) is 3.66. The van der Waals surface area contributed by atoms with Crippen molar-refractivity contribution in [2.45, 2.75) is 26.3 Å². The van der Waals surface area contributed by atoms with Crippen LogP contribution in [0.5, 0.6) is 0 Å². The molecule has 0 aliphatic carbocycles. The summed E-state index contributed by atoms with van der Waals surface area (Å²) in [5.41, 5.74) is 4.05. The lowest BCUT2D eigenvalue weighted by Gasteiger charge is -2.15. The summed E-state index contributed by atoms with van der Waals surface area (Å²) >= 11 is 1.69. The first-order chi connectivity index (χ1) is 8.22. The number of hydrogen-bond acceptors (Lipinski definition) is 4. The summed E-state index contributed by atoms with van der Waals surface area (Å²) < 4.78 is 1.98. The van der Waals surface area contributed by atoms with E-state index < -0.39 is 0 Å². The average Bonchev–Trinajstić information content (AvgIpc) is 2.90. The summed E-state index contributed by atoms with van der Waals surface area (Å²) in [6.07, 6.45) is 5.01. The van der Waals surface area contributed by atoms with Gasteiger partial charge in [-0.3, -0.25) is 0 Å². The second-order valence-corrected chi connectivity index (χ2v) is 5.04. The van der Waals surface area contributed by atoms with Gasteiger partial charge in [0.2, 0.25) is 0 Å².